The summed E-state index contributed by atoms with van der Waals surface area (Å²) in [6, 6.07) is 0.329. The van der Waals surface area contributed by atoms with Gasteiger partial charge in [-0.1, -0.05) is 12.8 Å². The minimum atomic E-state index is -0.0735. The van der Waals surface area contributed by atoms with Crippen molar-refractivity contribution in [2.75, 3.05) is 7.11 Å². The molecule has 1 aliphatic rings. The van der Waals surface area contributed by atoms with Crippen LogP contribution in [0.5, 0.6) is 12.0 Å². The fraction of sp³-hybridized carbons (Fsp3) is 0.727. The largest absolute Gasteiger partial charge is 0.467 e. The lowest BCUT2D eigenvalue weighted by atomic mass is 10.1. The zero-order valence-electron chi connectivity index (χ0n) is 10.3. The lowest BCUT2D eigenvalue weighted by Crippen LogP contribution is -2.38. The van der Waals surface area contributed by atoms with Crippen molar-refractivity contribution in [3.63, 3.8) is 0 Å². The number of hydrogen-bond donors (Lipinski definition) is 1. The standard InChI is InChI=1S/C11H17ClN4O2/c1-17-10-14-9(12)15-11(16-10)18-8-6-4-2-3-5-7(8)13/h7-8H,2-6,13H2,1H3. The van der Waals surface area contributed by atoms with Gasteiger partial charge in [0.05, 0.1) is 7.11 Å². The first-order valence-electron chi connectivity index (χ1n) is 6.07. The number of halogens is 1. The van der Waals surface area contributed by atoms with Crippen LogP contribution in [0, 0.1) is 0 Å². The molecule has 0 amide bonds. The molecule has 1 fully saturated rings. The Kier molecular flexibility index (Phi) is 4.54. The Hall–Kier alpha value is -1.14. The fourth-order valence-electron chi connectivity index (χ4n) is 2.04. The van der Waals surface area contributed by atoms with Gasteiger partial charge in [-0.2, -0.15) is 9.97 Å². The van der Waals surface area contributed by atoms with E-state index in [-0.39, 0.29) is 29.5 Å². The van der Waals surface area contributed by atoms with E-state index in [1.165, 1.54) is 13.5 Å². The second kappa shape index (κ2) is 6.15. The molecule has 2 atom stereocenters. The maximum Gasteiger partial charge on any atom is 0.324 e. The van der Waals surface area contributed by atoms with E-state index in [2.05, 4.69) is 15.0 Å². The van der Waals surface area contributed by atoms with Gasteiger partial charge in [0.2, 0.25) is 5.28 Å². The number of ether oxygens (including phenoxy) is 2. The highest BCUT2D eigenvalue weighted by molar-refractivity contribution is 6.28. The SMILES string of the molecule is COc1nc(Cl)nc(OC2CCCCCC2N)n1. The van der Waals surface area contributed by atoms with Gasteiger partial charge >= 0.3 is 12.0 Å². The van der Waals surface area contributed by atoms with Gasteiger partial charge in [-0.25, -0.2) is 0 Å². The van der Waals surface area contributed by atoms with Gasteiger partial charge in [-0.15, -0.1) is 4.98 Å². The molecule has 0 bridgehead atoms. The van der Waals surface area contributed by atoms with Crippen LogP contribution >= 0.6 is 11.6 Å². The highest BCUT2D eigenvalue weighted by Crippen LogP contribution is 2.21. The van der Waals surface area contributed by atoms with E-state index in [0.29, 0.717) is 0 Å². The van der Waals surface area contributed by atoms with Crippen molar-refractivity contribution in [3.05, 3.63) is 5.28 Å². The molecule has 2 rings (SSSR count). The van der Waals surface area contributed by atoms with Crippen LogP contribution < -0.4 is 15.2 Å². The van der Waals surface area contributed by atoms with Gasteiger partial charge in [0.1, 0.15) is 6.10 Å². The molecule has 1 aromatic rings. The number of aromatic nitrogens is 3. The van der Waals surface area contributed by atoms with E-state index in [0.717, 1.165) is 25.7 Å². The zero-order valence-corrected chi connectivity index (χ0v) is 11.1. The predicted octanol–water partition coefficient (Wildman–Crippen LogP) is 1.57. The molecule has 2 N–H and O–H groups in total. The van der Waals surface area contributed by atoms with Crippen molar-refractivity contribution in [3.8, 4) is 12.0 Å². The molecule has 1 aliphatic carbocycles. The van der Waals surface area contributed by atoms with Gasteiger partial charge in [0, 0.05) is 6.04 Å². The summed E-state index contributed by atoms with van der Waals surface area (Å²) in [4.78, 5) is 11.7. The molecular formula is C11H17ClN4O2. The van der Waals surface area contributed by atoms with Gasteiger partial charge in [0.25, 0.3) is 0 Å². The van der Waals surface area contributed by atoms with E-state index in [4.69, 9.17) is 26.8 Å². The van der Waals surface area contributed by atoms with E-state index < -0.39 is 0 Å². The highest BCUT2D eigenvalue weighted by atomic mass is 35.5. The Morgan fingerprint density at radius 1 is 1.11 bits per heavy atom. The molecule has 100 valence electrons. The number of nitrogens with two attached hydrogens (primary N) is 1. The van der Waals surface area contributed by atoms with Gasteiger partial charge in [-0.3, -0.25) is 0 Å². The summed E-state index contributed by atoms with van der Waals surface area (Å²) in [6.45, 7) is 0. The summed E-state index contributed by atoms with van der Waals surface area (Å²) in [5, 5.41) is 0.0547. The van der Waals surface area contributed by atoms with Gasteiger partial charge in [0.15, 0.2) is 0 Å². The Morgan fingerprint density at radius 3 is 2.61 bits per heavy atom. The lowest BCUT2D eigenvalue weighted by molar-refractivity contribution is 0.146. The van der Waals surface area contributed by atoms with E-state index in [9.17, 15) is 0 Å². The van der Waals surface area contributed by atoms with E-state index in [1.807, 2.05) is 0 Å². The first-order chi connectivity index (χ1) is 8.69. The second-order valence-corrected chi connectivity index (χ2v) is 4.67. The Balaban J connectivity index is 2.09. The molecule has 0 saturated heterocycles. The average Bonchev–Trinajstić information content (AvgIpc) is 2.54. The maximum absolute atomic E-state index is 6.08. The van der Waals surface area contributed by atoms with Crippen LogP contribution in [0.25, 0.3) is 0 Å². The molecule has 0 aliphatic heterocycles. The Labute approximate surface area is 111 Å². The minimum absolute atomic E-state index is 0.00837. The zero-order chi connectivity index (χ0) is 13.0. The molecule has 2 unspecified atom stereocenters. The highest BCUT2D eigenvalue weighted by Gasteiger charge is 2.23. The van der Waals surface area contributed by atoms with Crippen LogP contribution in [0.15, 0.2) is 0 Å². The normalized spacial score (nSPS) is 24.4. The van der Waals surface area contributed by atoms with Crippen molar-refractivity contribution >= 4 is 11.6 Å². The third kappa shape index (κ3) is 3.43. The molecule has 0 aromatic carbocycles. The topological polar surface area (TPSA) is 83.2 Å². The average molecular weight is 273 g/mol. The lowest BCUT2D eigenvalue weighted by Gasteiger charge is -2.21. The van der Waals surface area contributed by atoms with Gasteiger partial charge < -0.3 is 15.2 Å². The predicted molar refractivity (Wildman–Crippen MR) is 66.9 cm³/mol. The molecule has 0 radical (unpaired) electrons. The third-order valence-corrected chi connectivity index (χ3v) is 3.18. The van der Waals surface area contributed by atoms with Crippen molar-refractivity contribution in [1.82, 2.24) is 15.0 Å². The summed E-state index contributed by atoms with van der Waals surface area (Å²) in [5.74, 6) is 0. The number of rotatable bonds is 3. The molecule has 1 aromatic heterocycles. The second-order valence-electron chi connectivity index (χ2n) is 4.33. The van der Waals surface area contributed by atoms with Crippen molar-refractivity contribution in [2.24, 2.45) is 5.73 Å². The molecule has 18 heavy (non-hydrogen) atoms. The number of nitrogens with zero attached hydrogens (tertiary/aromatic N) is 3. The summed E-state index contributed by atoms with van der Waals surface area (Å²) in [5.41, 5.74) is 6.08. The maximum atomic E-state index is 6.08. The van der Waals surface area contributed by atoms with Crippen molar-refractivity contribution in [2.45, 2.75) is 44.2 Å². The summed E-state index contributed by atoms with van der Waals surface area (Å²) >= 11 is 5.76. The quantitative estimate of drug-likeness (QED) is 0.841. The van der Waals surface area contributed by atoms with Crippen molar-refractivity contribution < 1.29 is 9.47 Å². The monoisotopic (exact) mass is 272 g/mol. The van der Waals surface area contributed by atoms with Crippen LogP contribution in [0.3, 0.4) is 0 Å². The van der Waals surface area contributed by atoms with Crippen LogP contribution in [-0.4, -0.2) is 34.2 Å². The van der Waals surface area contributed by atoms with Crippen LogP contribution in [-0.2, 0) is 0 Å². The first-order valence-corrected chi connectivity index (χ1v) is 6.44. The number of hydrogen-bond acceptors (Lipinski definition) is 6. The van der Waals surface area contributed by atoms with Crippen LogP contribution in [0.2, 0.25) is 5.28 Å². The smallest absolute Gasteiger partial charge is 0.324 e. The van der Waals surface area contributed by atoms with Crippen LogP contribution in [0.1, 0.15) is 32.1 Å². The summed E-state index contributed by atoms with van der Waals surface area (Å²) in [6.07, 6.45) is 5.23. The van der Waals surface area contributed by atoms with Crippen LogP contribution in [0.4, 0.5) is 0 Å². The summed E-state index contributed by atoms with van der Waals surface area (Å²) < 4.78 is 10.6. The Bertz CT molecular complexity index is 405. The molecule has 6 nitrogen and oxygen atoms in total. The molecule has 0 spiro atoms. The number of methoxy groups -OCH3 is 1. The van der Waals surface area contributed by atoms with Crippen molar-refractivity contribution in [1.29, 1.82) is 0 Å². The molecule has 1 saturated carbocycles. The third-order valence-electron chi connectivity index (χ3n) is 3.01. The molecule has 1 heterocycles. The first kappa shape index (κ1) is 13.3. The fourth-order valence-corrected chi connectivity index (χ4v) is 2.19. The Morgan fingerprint density at radius 2 is 1.83 bits per heavy atom. The van der Waals surface area contributed by atoms with E-state index in [1.54, 1.807) is 0 Å². The van der Waals surface area contributed by atoms with Gasteiger partial charge in [-0.05, 0) is 30.9 Å². The minimum Gasteiger partial charge on any atom is -0.467 e. The summed E-state index contributed by atoms with van der Waals surface area (Å²) in [7, 11) is 1.47. The molecular weight excluding hydrogens is 256 g/mol. The molecule has 7 heteroatoms. The van der Waals surface area contributed by atoms with E-state index >= 15 is 0 Å².